The molecule has 0 saturated heterocycles. The zero-order valence-corrected chi connectivity index (χ0v) is 13.8. The summed E-state index contributed by atoms with van der Waals surface area (Å²) in [7, 11) is 1.57. The molecule has 0 aliphatic heterocycles. The number of furan rings is 2. The van der Waals surface area contributed by atoms with E-state index in [1.165, 1.54) is 6.07 Å². The fourth-order valence-corrected chi connectivity index (χ4v) is 2.46. The van der Waals surface area contributed by atoms with Crippen LogP contribution in [-0.2, 0) is 11.3 Å². The van der Waals surface area contributed by atoms with Gasteiger partial charge in [-0.3, -0.25) is 4.79 Å². The Morgan fingerprint density at radius 2 is 2.00 bits per heavy atom. The number of carbonyl (C=O) groups is 1. The van der Waals surface area contributed by atoms with Crippen LogP contribution in [0.15, 0.2) is 63.6 Å². The van der Waals surface area contributed by atoms with E-state index in [1.54, 1.807) is 60.7 Å². The number of carbonyl (C=O) groups excluding carboxylic acids is 1. The molecule has 25 heavy (non-hydrogen) atoms. The van der Waals surface area contributed by atoms with Crippen molar-refractivity contribution in [3.63, 3.8) is 0 Å². The first-order valence-corrected chi connectivity index (χ1v) is 7.84. The molecule has 0 spiro atoms. The first-order chi connectivity index (χ1) is 12.2. The zero-order chi connectivity index (χ0) is 17.6. The van der Waals surface area contributed by atoms with Crippen LogP contribution in [0.5, 0.6) is 0 Å². The van der Waals surface area contributed by atoms with Gasteiger partial charge < -0.3 is 18.5 Å². The first-order valence-electron chi connectivity index (χ1n) is 7.84. The van der Waals surface area contributed by atoms with Crippen LogP contribution in [0, 0.1) is 5.82 Å². The molecule has 130 valence electrons. The molecule has 0 unspecified atom stereocenters. The number of halogens is 1. The largest absolute Gasteiger partial charge is 0.467 e. The van der Waals surface area contributed by atoms with E-state index in [0.717, 1.165) is 0 Å². The van der Waals surface area contributed by atoms with Crippen molar-refractivity contribution < 1.29 is 22.8 Å². The van der Waals surface area contributed by atoms with Crippen molar-refractivity contribution in [3.05, 3.63) is 72.1 Å². The van der Waals surface area contributed by atoms with E-state index in [0.29, 0.717) is 36.8 Å². The molecule has 0 saturated carbocycles. The third-order valence-corrected chi connectivity index (χ3v) is 3.74. The van der Waals surface area contributed by atoms with Crippen LogP contribution in [0.1, 0.15) is 16.3 Å². The lowest BCUT2D eigenvalue weighted by Crippen LogP contribution is -2.33. The molecule has 0 atom stereocenters. The summed E-state index contributed by atoms with van der Waals surface area (Å²) in [6.07, 6.45) is 1.55. The van der Waals surface area contributed by atoms with E-state index in [9.17, 15) is 9.18 Å². The minimum absolute atomic E-state index is 0.140. The number of benzene rings is 1. The highest BCUT2D eigenvalue weighted by atomic mass is 19.1. The average molecular weight is 343 g/mol. The molecule has 5 nitrogen and oxygen atoms in total. The van der Waals surface area contributed by atoms with Crippen molar-refractivity contribution in [3.8, 4) is 11.3 Å². The van der Waals surface area contributed by atoms with Gasteiger partial charge >= 0.3 is 0 Å². The Hall–Kier alpha value is -2.86. The van der Waals surface area contributed by atoms with Crippen LogP contribution in [-0.4, -0.2) is 31.1 Å². The van der Waals surface area contributed by atoms with Gasteiger partial charge in [0, 0.05) is 13.7 Å². The molecule has 0 aliphatic rings. The summed E-state index contributed by atoms with van der Waals surface area (Å²) >= 11 is 0. The molecule has 2 heterocycles. The van der Waals surface area contributed by atoms with Gasteiger partial charge in [0.2, 0.25) is 0 Å². The lowest BCUT2D eigenvalue weighted by Gasteiger charge is -2.20. The second kappa shape index (κ2) is 7.81. The van der Waals surface area contributed by atoms with Crippen molar-refractivity contribution in [2.45, 2.75) is 6.54 Å². The highest BCUT2D eigenvalue weighted by molar-refractivity contribution is 5.92. The molecule has 0 radical (unpaired) electrons. The third kappa shape index (κ3) is 3.97. The maximum absolute atomic E-state index is 13.9. The smallest absolute Gasteiger partial charge is 0.290 e. The van der Waals surface area contributed by atoms with Crippen LogP contribution in [0.2, 0.25) is 0 Å². The summed E-state index contributed by atoms with van der Waals surface area (Å²) in [6, 6.07) is 13.0. The molecule has 3 aromatic rings. The maximum atomic E-state index is 13.9. The Morgan fingerprint density at radius 3 is 2.72 bits per heavy atom. The standard InChI is InChI=1S/C19H18FNO4/c1-23-12-10-21(13-14-5-4-11-24-14)19(22)18-9-8-17(25-18)15-6-2-3-7-16(15)20/h2-9,11H,10,12-13H2,1H3. The third-order valence-electron chi connectivity index (χ3n) is 3.74. The molecule has 0 N–H and O–H groups in total. The molecule has 1 amide bonds. The van der Waals surface area contributed by atoms with Crippen LogP contribution in [0.3, 0.4) is 0 Å². The predicted octanol–water partition coefficient (Wildman–Crippen LogP) is 3.97. The second-order valence-electron chi connectivity index (χ2n) is 5.44. The minimum atomic E-state index is -0.400. The summed E-state index contributed by atoms with van der Waals surface area (Å²) in [6.45, 7) is 1.06. The minimum Gasteiger partial charge on any atom is -0.467 e. The molecule has 0 aliphatic carbocycles. The summed E-state index contributed by atoms with van der Waals surface area (Å²) in [4.78, 5) is 14.3. The SMILES string of the molecule is COCCN(Cc1ccco1)C(=O)c1ccc(-c2ccccc2F)o1. The van der Waals surface area contributed by atoms with Crippen LogP contribution in [0.4, 0.5) is 4.39 Å². The number of ether oxygens (including phenoxy) is 1. The molecular formula is C19H18FNO4. The van der Waals surface area contributed by atoms with Gasteiger partial charge in [0.15, 0.2) is 5.76 Å². The van der Waals surface area contributed by atoms with E-state index in [1.807, 2.05) is 0 Å². The van der Waals surface area contributed by atoms with Gasteiger partial charge in [-0.05, 0) is 36.4 Å². The highest BCUT2D eigenvalue weighted by Gasteiger charge is 2.21. The van der Waals surface area contributed by atoms with E-state index in [-0.39, 0.29) is 11.7 Å². The Bertz CT molecular complexity index is 826. The van der Waals surface area contributed by atoms with Gasteiger partial charge in [0.25, 0.3) is 5.91 Å². The number of nitrogens with zero attached hydrogens (tertiary/aromatic N) is 1. The maximum Gasteiger partial charge on any atom is 0.290 e. The number of amides is 1. The molecule has 2 aromatic heterocycles. The highest BCUT2D eigenvalue weighted by Crippen LogP contribution is 2.25. The number of methoxy groups -OCH3 is 1. The second-order valence-corrected chi connectivity index (χ2v) is 5.44. The van der Waals surface area contributed by atoms with Gasteiger partial charge in [0.05, 0.1) is 25.0 Å². The van der Waals surface area contributed by atoms with E-state index in [2.05, 4.69) is 0 Å². The Morgan fingerprint density at radius 1 is 1.16 bits per heavy atom. The molecule has 1 aromatic carbocycles. The van der Waals surface area contributed by atoms with E-state index >= 15 is 0 Å². The van der Waals surface area contributed by atoms with E-state index in [4.69, 9.17) is 13.6 Å². The monoisotopic (exact) mass is 343 g/mol. The van der Waals surface area contributed by atoms with E-state index < -0.39 is 5.82 Å². The molecule has 0 fully saturated rings. The van der Waals surface area contributed by atoms with Gasteiger partial charge in [-0.1, -0.05) is 12.1 Å². The van der Waals surface area contributed by atoms with Crippen LogP contribution >= 0.6 is 0 Å². The number of hydrogen-bond donors (Lipinski definition) is 0. The van der Waals surface area contributed by atoms with Crippen molar-refractivity contribution >= 4 is 5.91 Å². The van der Waals surface area contributed by atoms with Crippen molar-refractivity contribution in [1.29, 1.82) is 0 Å². The van der Waals surface area contributed by atoms with Crippen molar-refractivity contribution in [2.24, 2.45) is 0 Å². The van der Waals surface area contributed by atoms with Crippen molar-refractivity contribution in [1.82, 2.24) is 4.90 Å². The number of hydrogen-bond acceptors (Lipinski definition) is 4. The average Bonchev–Trinajstić information content (AvgIpc) is 3.30. The zero-order valence-electron chi connectivity index (χ0n) is 13.8. The molecule has 6 heteroatoms. The lowest BCUT2D eigenvalue weighted by molar-refractivity contribution is 0.0636. The fourth-order valence-electron chi connectivity index (χ4n) is 2.46. The summed E-state index contributed by atoms with van der Waals surface area (Å²) < 4.78 is 29.8. The van der Waals surface area contributed by atoms with Gasteiger partial charge in [-0.15, -0.1) is 0 Å². The topological polar surface area (TPSA) is 55.8 Å². The Balaban J connectivity index is 1.81. The quantitative estimate of drug-likeness (QED) is 0.651. The van der Waals surface area contributed by atoms with Crippen molar-refractivity contribution in [2.75, 3.05) is 20.3 Å². The van der Waals surface area contributed by atoms with Crippen LogP contribution < -0.4 is 0 Å². The number of rotatable bonds is 7. The normalized spacial score (nSPS) is 10.8. The Kier molecular flexibility index (Phi) is 5.30. The fraction of sp³-hybridized carbons (Fsp3) is 0.211. The Labute approximate surface area is 144 Å². The van der Waals surface area contributed by atoms with Gasteiger partial charge in [-0.2, -0.15) is 0 Å². The van der Waals surface area contributed by atoms with Crippen LogP contribution in [0.25, 0.3) is 11.3 Å². The summed E-state index contributed by atoms with van der Waals surface area (Å²) in [5.41, 5.74) is 0.316. The van der Waals surface area contributed by atoms with Gasteiger partial charge in [0.1, 0.15) is 17.3 Å². The predicted molar refractivity (Wildman–Crippen MR) is 89.4 cm³/mol. The summed E-state index contributed by atoms with van der Waals surface area (Å²) in [5.74, 6) is 0.399. The molecule has 3 rings (SSSR count). The first kappa shape index (κ1) is 17.0. The molecular weight excluding hydrogens is 325 g/mol. The molecule has 0 bridgehead atoms. The summed E-state index contributed by atoms with van der Waals surface area (Å²) in [5, 5.41) is 0. The van der Waals surface area contributed by atoms with Gasteiger partial charge in [-0.25, -0.2) is 4.39 Å². The lowest BCUT2D eigenvalue weighted by atomic mass is 10.1.